The fraction of sp³-hybridized carbons (Fsp3) is 0.533. The fourth-order valence-electron chi connectivity index (χ4n) is 2.40. The lowest BCUT2D eigenvalue weighted by atomic mass is 10.3. The number of carbonyl (C=O) groups is 3. The monoisotopic (exact) mass is 385 g/mol. The predicted molar refractivity (Wildman–Crippen MR) is 86.8 cm³/mol. The van der Waals surface area contributed by atoms with Crippen LogP contribution >= 0.6 is 15.9 Å². The highest BCUT2D eigenvalue weighted by atomic mass is 79.9. The lowest BCUT2D eigenvalue weighted by Gasteiger charge is -2.17. The Labute approximate surface area is 143 Å². The summed E-state index contributed by atoms with van der Waals surface area (Å²) in [6.45, 7) is 1.91. The number of rotatable bonds is 7. The first-order valence-electron chi connectivity index (χ1n) is 7.52. The van der Waals surface area contributed by atoms with Crippen LogP contribution in [-0.2, 0) is 9.59 Å². The SMILES string of the molecule is CN(CC(=O)NCCCN1CCCC1=O)C(=O)c1ccc(Br)o1. The van der Waals surface area contributed by atoms with Gasteiger partial charge >= 0.3 is 0 Å². The molecule has 2 heterocycles. The molecular formula is C15H20BrN3O4. The summed E-state index contributed by atoms with van der Waals surface area (Å²) in [7, 11) is 1.54. The van der Waals surface area contributed by atoms with Gasteiger partial charge in [0.25, 0.3) is 5.91 Å². The van der Waals surface area contributed by atoms with Gasteiger partial charge in [0.2, 0.25) is 11.8 Å². The van der Waals surface area contributed by atoms with Crippen molar-refractivity contribution in [3.05, 3.63) is 22.6 Å². The first-order valence-corrected chi connectivity index (χ1v) is 8.32. The molecule has 0 aromatic carbocycles. The molecule has 1 aliphatic heterocycles. The summed E-state index contributed by atoms with van der Waals surface area (Å²) in [4.78, 5) is 38.4. The van der Waals surface area contributed by atoms with Crippen molar-refractivity contribution < 1.29 is 18.8 Å². The van der Waals surface area contributed by atoms with Crippen molar-refractivity contribution in [2.75, 3.05) is 33.2 Å². The minimum atomic E-state index is -0.353. The van der Waals surface area contributed by atoms with Gasteiger partial charge in [0.15, 0.2) is 10.4 Å². The van der Waals surface area contributed by atoms with Crippen molar-refractivity contribution >= 4 is 33.7 Å². The Hall–Kier alpha value is -1.83. The molecule has 0 bridgehead atoms. The van der Waals surface area contributed by atoms with Gasteiger partial charge < -0.3 is 19.5 Å². The maximum atomic E-state index is 12.0. The first-order chi connectivity index (χ1) is 11.0. The molecule has 1 aromatic heterocycles. The third-order valence-electron chi connectivity index (χ3n) is 3.61. The van der Waals surface area contributed by atoms with Gasteiger partial charge in [0.1, 0.15) is 0 Å². The Bertz CT molecular complexity index is 587. The summed E-state index contributed by atoms with van der Waals surface area (Å²) in [6, 6.07) is 3.18. The molecule has 0 saturated carbocycles. The van der Waals surface area contributed by atoms with Gasteiger partial charge in [0, 0.05) is 33.1 Å². The van der Waals surface area contributed by atoms with Gasteiger partial charge in [-0.05, 0) is 40.9 Å². The van der Waals surface area contributed by atoms with Crippen LogP contribution in [0, 0.1) is 0 Å². The fourth-order valence-corrected chi connectivity index (χ4v) is 2.71. The van der Waals surface area contributed by atoms with Gasteiger partial charge in [-0.2, -0.15) is 0 Å². The molecule has 1 fully saturated rings. The number of halogens is 1. The van der Waals surface area contributed by atoms with Crippen LogP contribution in [0.2, 0.25) is 0 Å². The first kappa shape index (κ1) is 17.5. The smallest absolute Gasteiger partial charge is 0.289 e. The largest absolute Gasteiger partial charge is 0.444 e. The third-order valence-corrected chi connectivity index (χ3v) is 4.04. The zero-order valence-electron chi connectivity index (χ0n) is 13.0. The summed E-state index contributed by atoms with van der Waals surface area (Å²) < 4.78 is 5.64. The summed E-state index contributed by atoms with van der Waals surface area (Å²) in [5.74, 6) is -0.223. The lowest BCUT2D eigenvalue weighted by Crippen LogP contribution is -2.39. The van der Waals surface area contributed by atoms with E-state index in [0.29, 0.717) is 30.6 Å². The minimum Gasteiger partial charge on any atom is -0.444 e. The molecule has 0 spiro atoms. The molecular weight excluding hydrogens is 366 g/mol. The van der Waals surface area contributed by atoms with Crippen molar-refractivity contribution in [1.29, 1.82) is 0 Å². The van der Waals surface area contributed by atoms with E-state index in [1.165, 1.54) is 4.90 Å². The van der Waals surface area contributed by atoms with Crippen molar-refractivity contribution in [1.82, 2.24) is 15.1 Å². The zero-order valence-corrected chi connectivity index (χ0v) is 14.6. The molecule has 0 radical (unpaired) electrons. The Morgan fingerprint density at radius 2 is 2.22 bits per heavy atom. The highest BCUT2D eigenvalue weighted by molar-refractivity contribution is 9.10. The quantitative estimate of drug-likeness (QED) is 0.715. The average Bonchev–Trinajstić information content (AvgIpc) is 3.11. The Balaban J connectivity index is 1.65. The van der Waals surface area contributed by atoms with Crippen LogP contribution in [0.15, 0.2) is 21.2 Å². The number of likely N-dealkylation sites (N-methyl/N-ethyl adjacent to an activating group) is 1. The average molecular weight is 386 g/mol. The van der Waals surface area contributed by atoms with Gasteiger partial charge in [-0.3, -0.25) is 14.4 Å². The van der Waals surface area contributed by atoms with Gasteiger partial charge in [-0.1, -0.05) is 0 Å². The molecule has 0 atom stereocenters. The molecule has 0 unspecified atom stereocenters. The zero-order chi connectivity index (χ0) is 16.8. The van der Waals surface area contributed by atoms with Crippen LogP contribution < -0.4 is 5.32 Å². The van der Waals surface area contributed by atoms with Gasteiger partial charge in [0.05, 0.1) is 6.54 Å². The van der Waals surface area contributed by atoms with Crippen LogP contribution in [0.5, 0.6) is 0 Å². The molecule has 7 nitrogen and oxygen atoms in total. The highest BCUT2D eigenvalue weighted by Crippen LogP contribution is 2.15. The number of likely N-dealkylation sites (tertiary alicyclic amines) is 1. The van der Waals surface area contributed by atoms with E-state index in [2.05, 4.69) is 21.2 Å². The molecule has 1 N–H and O–H groups in total. The van der Waals surface area contributed by atoms with Crippen LogP contribution in [0.25, 0.3) is 0 Å². The number of amides is 3. The summed E-state index contributed by atoms with van der Waals surface area (Å²) in [5.41, 5.74) is 0. The topological polar surface area (TPSA) is 82.9 Å². The van der Waals surface area contributed by atoms with Gasteiger partial charge in [-0.25, -0.2) is 0 Å². The third kappa shape index (κ3) is 5.09. The van der Waals surface area contributed by atoms with Crippen molar-refractivity contribution in [2.45, 2.75) is 19.3 Å². The van der Waals surface area contributed by atoms with E-state index < -0.39 is 0 Å². The molecule has 8 heteroatoms. The maximum Gasteiger partial charge on any atom is 0.289 e. The second-order valence-corrected chi connectivity index (χ2v) is 6.23. The standard InChI is InChI=1S/C15H20BrN3O4/c1-18(15(22)11-5-6-12(16)23-11)10-13(20)17-7-3-9-19-8-2-4-14(19)21/h5-6H,2-4,7-10H2,1H3,(H,17,20). The van der Waals surface area contributed by atoms with E-state index in [4.69, 9.17) is 4.42 Å². The number of nitrogens with one attached hydrogen (secondary N) is 1. The van der Waals surface area contributed by atoms with E-state index in [-0.39, 0.29) is 30.0 Å². The molecule has 1 aromatic rings. The molecule has 1 saturated heterocycles. The summed E-state index contributed by atoms with van der Waals surface area (Å²) in [5, 5.41) is 2.75. The highest BCUT2D eigenvalue weighted by Gasteiger charge is 2.20. The van der Waals surface area contributed by atoms with E-state index in [9.17, 15) is 14.4 Å². The summed E-state index contributed by atoms with van der Waals surface area (Å²) in [6.07, 6.45) is 2.25. The Kier molecular flexibility index (Phi) is 6.20. The lowest BCUT2D eigenvalue weighted by molar-refractivity contribution is -0.127. The van der Waals surface area contributed by atoms with Crippen LogP contribution in [0.3, 0.4) is 0 Å². The van der Waals surface area contributed by atoms with Gasteiger partial charge in [-0.15, -0.1) is 0 Å². The van der Waals surface area contributed by atoms with Crippen LogP contribution in [0.4, 0.5) is 0 Å². The molecule has 2 rings (SSSR count). The molecule has 1 aliphatic rings. The van der Waals surface area contributed by atoms with Crippen LogP contribution in [-0.4, -0.2) is 60.7 Å². The normalized spacial score (nSPS) is 14.2. The molecule has 0 aliphatic carbocycles. The number of furan rings is 1. The van der Waals surface area contributed by atoms with Crippen molar-refractivity contribution in [3.63, 3.8) is 0 Å². The second kappa shape index (κ2) is 8.14. The van der Waals surface area contributed by atoms with Crippen LogP contribution in [0.1, 0.15) is 29.8 Å². The predicted octanol–water partition coefficient (Wildman–Crippen LogP) is 1.24. The minimum absolute atomic E-state index is 0.0419. The van der Waals surface area contributed by atoms with Crippen molar-refractivity contribution in [2.24, 2.45) is 0 Å². The molecule has 23 heavy (non-hydrogen) atoms. The Morgan fingerprint density at radius 3 is 2.83 bits per heavy atom. The van der Waals surface area contributed by atoms with E-state index in [1.807, 2.05) is 4.90 Å². The number of carbonyl (C=O) groups excluding carboxylic acids is 3. The molecule has 126 valence electrons. The number of hydrogen-bond donors (Lipinski definition) is 1. The van der Waals surface area contributed by atoms with E-state index in [0.717, 1.165) is 13.0 Å². The number of hydrogen-bond acceptors (Lipinski definition) is 4. The molecule has 3 amide bonds. The summed E-state index contributed by atoms with van der Waals surface area (Å²) >= 11 is 3.13. The second-order valence-electron chi connectivity index (χ2n) is 5.45. The van der Waals surface area contributed by atoms with E-state index >= 15 is 0 Å². The van der Waals surface area contributed by atoms with Crippen molar-refractivity contribution in [3.8, 4) is 0 Å². The number of nitrogens with zero attached hydrogens (tertiary/aromatic N) is 2. The Morgan fingerprint density at radius 1 is 1.43 bits per heavy atom. The maximum absolute atomic E-state index is 12.0. The van der Waals surface area contributed by atoms with E-state index in [1.54, 1.807) is 19.2 Å².